The zero-order chi connectivity index (χ0) is 61.6. The number of urea groups is 1. The van der Waals surface area contributed by atoms with E-state index < -0.39 is 154 Å². The van der Waals surface area contributed by atoms with E-state index in [9.17, 15) is 64.8 Å². The summed E-state index contributed by atoms with van der Waals surface area (Å²) in [7, 11) is 0. The minimum Gasteiger partial charge on any atom is -0.463 e. The minimum atomic E-state index is -2.47. The number of fused-ring (bicyclic) bond motifs is 2. The fourth-order valence-electron chi connectivity index (χ4n) is 9.20. The smallest absolute Gasteiger partial charge is 0.463 e. The van der Waals surface area contributed by atoms with Crippen LogP contribution in [0.3, 0.4) is 0 Å². The van der Waals surface area contributed by atoms with Gasteiger partial charge in [0.25, 0.3) is 0 Å². The molecular formula is C60H84N4O20. The van der Waals surface area contributed by atoms with Crippen LogP contribution in [0.15, 0.2) is 135 Å². The van der Waals surface area contributed by atoms with Crippen LogP contribution in [0.4, 0.5) is 20.1 Å². The molecular weight excluding hydrogens is 1100 g/mol. The molecule has 16 atom stereocenters. The second kappa shape index (κ2) is 36.8. The van der Waals surface area contributed by atoms with Gasteiger partial charge in [-0.15, -0.1) is 0 Å². The van der Waals surface area contributed by atoms with Gasteiger partial charge in [-0.1, -0.05) is 123 Å². The molecule has 2 fully saturated rings. The van der Waals surface area contributed by atoms with Crippen molar-refractivity contribution in [1.29, 1.82) is 0 Å². The molecule has 24 heteroatoms. The molecule has 464 valence electrons. The molecule has 2 saturated heterocycles. The number of ether oxygens (including phenoxy) is 7. The lowest BCUT2D eigenvalue weighted by Gasteiger charge is -2.47. The molecule has 84 heavy (non-hydrogen) atoms. The number of nitrogens with one attached hydrogen (secondary N) is 3. The topological polar surface area (TPSA) is 374 Å². The first kappa shape index (κ1) is 69.7. The maximum absolute atomic E-state index is 14.0. The summed E-state index contributed by atoms with van der Waals surface area (Å²) in [6.45, 7) is 9.61. The Morgan fingerprint density at radius 3 is 2.04 bits per heavy atom. The highest BCUT2D eigenvalue weighted by Crippen LogP contribution is 2.37. The number of hydrogen-bond acceptors (Lipinski definition) is 20. The molecule has 0 aliphatic carbocycles. The fourth-order valence-corrected chi connectivity index (χ4v) is 9.20. The number of amides is 4. The third-order valence-electron chi connectivity index (χ3n) is 13.5. The van der Waals surface area contributed by atoms with Crippen molar-refractivity contribution >= 4 is 35.8 Å². The zero-order valence-corrected chi connectivity index (χ0v) is 47.4. The van der Waals surface area contributed by atoms with E-state index >= 15 is 0 Å². The van der Waals surface area contributed by atoms with Gasteiger partial charge in [-0.05, 0) is 50.8 Å². The van der Waals surface area contributed by atoms with Crippen molar-refractivity contribution in [3.63, 3.8) is 0 Å². The van der Waals surface area contributed by atoms with E-state index in [0.29, 0.717) is 0 Å². The maximum Gasteiger partial charge on any atom is 0.508 e. The number of hydrogen-bond donors (Lipinski definition) is 12. The Bertz CT molecular complexity index is 2480. The SMILES string of the molecule is C=CCOC(=O)N[C@@H]1[C@H](O)[C@H](O[C@H]2/C=C/C=C/C=C/C=C/C=C/C=C/C=C/[C@H](C)[C@@H](O)C[C@H](C)OC(=O)CCC[C@H](O)CC[C@@H](O)[C@H](O)C[C@H](O)C[C@]3(O)C[C@H](OC(=O)OCC=C)[C@@H](NC(=O)Nc4cccc(C(N)=O)c4)[C@H](C2)O3)OC[C@H]1O. The molecule has 0 saturated carbocycles. The lowest BCUT2D eigenvalue weighted by molar-refractivity contribution is -0.299. The second-order valence-corrected chi connectivity index (χ2v) is 20.6. The Morgan fingerprint density at radius 1 is 0.738 bits per heavy atom. The van der Waals surface area contributed by atoms with Crippen LogP contribution < -0.4 is 21.7 Å². The number of rotatable bonds is 11. The summed E-state index contributed by atoms with van der Waals surface area (Å²) in [6, 6.07) is 1.90. The van der Waals surface area contributed by atoms with Gasteiger partial charge in [0.05, 0.1) is 61.4 Å². The average molecular weight is 1180 g/mol. The van der Waals surface area contributed by atoms with Crippen molar-refractivity contribution in [1.82, 2.24) is 10.6 Å². The van der Waals surface area contributed by atoms with Crippen LogP contribution in [-0.4, -0.2) is 182 Å². The summed E-state index contributed by atoms with van der Waals surface area (Å²) < 4.78 is 39.9. The van der Waals surface area contributed by atoms with Crippen molar-refractivity contribution in [3.05, 3.63) is 140 Å². The Hall–Kier alpha value is -6.81. The number of alkyl carbamates (subject to hydrolysis) is 1. The number of carbonyl (C=O) groups is 5. The highest BCUT2D eigenvalue weighted by molar-refractivity contribution is 5.96. The third-order valence-corrected chi connectivity index (χ3v) is 13.5. The van der Waals surface area contributed by atoms with E-state index in [0.717, 1.165) is 0 Å². The molecule has 3 heterocycles. The third kappa shape index (κ3) is 25.6. The number of nitrogens with two attached hydrogens (primary N) is 1. The molecule has 24 nitrogen and oxygen atoms in total. The molecule has 2 bridgehead atoms. The predicted octanol–water partition coefficient (Wildman–Crippen LogP) is 4.00. The molecule has 13 N–H and O–H groups in total. The number of allylic oxidation sites excluding steroid dienone is 12. The summed E-state index contributed by atoms with van der Waals surface area (Å²) in [5, 5.41) is 97.4. The van der Waals surface area contributed by atoms with E-state index in [1.807, 2.05) is 13.0 Å². The van der Waals surface area contributed by atoms with Gasteiger partial charge in [0.15, 0.2) is 12.1 Å². The Labute approximate surface area is 489 Å². The van der Waals surface area contributed by atoms with Gasteiger partial charge in [0.1, 0.15) is 37.6 Å². The number of anilines is 1. The second-order valence-electron chi connectivity index (χ2n) is 20.6. The van der Waals surface area contributed by atoms with Crippen LogP contribution in [0.1, 0.15) is 88.4 Å². The molecule has 0 aromatic heterocycles. The molecule has 0 radical (unpaired) electrons. The van der Waals surface area contributed by atoms with E-state index in [4.69, 9.17) is 38.9 Å². The number of primary amides is 1. The van der Waals surface area contributed by atoms with E-state index in [1.165, 1.54) is 42.5 Å². The first-order valence-electron chi connectivity index (χ1n) is 27.9. The van der Waals surface area contributed by atoms with Crippen LogP contribution in [0.25, 0.3) is 0 Å². The summed E-state index contributed by atoms with van der Waals surface area (Å²) in [6.07, 6.45) is 6.49. The van der Waals surface area contributed by atoms with Crippen molar-refractivity contribution in [2.24, 2.45) is 11.7 Å². The van der Waals surface area contributed by atoms with Crippen molar-refractivity contribution in [2.45, 2.75) is 169 Å². The fraction of sp³-hybridized carbons (Fsp3) is 0.517. The van der Waals surface area contributed by atoms with Crippen LogP contribution in [0, 0.1) is 5.92 Å². The number of benzene rings is 1. The molecule has 0 spiro atoms. The van der Waals surface area contributed by atoms with Gasteiger partial charge in [0.2, 0.25) is 5.91 Å². The summed E-state index contributed by atoms with van der Waals surface area (Å²) in [4.78, 5) is 64.5. The summed E-state index contributed by atoms with van der Waals surface area (Å²) in [5.41, 5.74) is 5.65. The maximum atomic E-state index is 14.0. The monoisotopic (exact) mass is 1180 g/mol. The molecule has 0 unspecified atom stereocenters. The molecule has 4 rings (SSSR count). The number of aliphatic hydroxyl groups excluding tert-OH is 7. The number of carbonyl (C=O) groups excluding carboxylic acids is 5. The average Bonchev–Trinajstić information content (AvgIpc) is 1.96. The standard InChI is InChI=1S/C60H84N4O20/c1-5-29-78-58(75)64-52-48(70)37-80-56(54(52)72)82-44-25-18-16-14-12-10-8-7-9-11-13-15-17-21-38(3)46(68)31-39(4)81-51(71)26-20-24-42(65)27-28-45(67)47(69)33-43(66)35-60(77)36-50(83-59(76)79-30-6-2)53(49(34-44)84-60)63-57(74)62-41-23-19-22-40(32-41)55(61)73/h5-19,21-23,25,32,38-39,42-50,52-54,56,65-70,72,77H,1-2,20,24,26-31,33-37H2,3-4H3,(H2,61,73)(H,64,75)(H2,62,63,74)/b8-7+,11-9+,12-10+,15-13+,16-14+,21-17+,25-18+/t38-,39-,42-,43-,44-,45+,46-,47+,48+,49-,50-,52-,53-,54-,56-,60+/m0/s1. The summed E-state index contributed by atoms with van der Waals surface area (Å²) in [5.74, 6) is -4.00. The van der Waals surface area contributed by atoms with E-state index in [1.54, 1.807) is 79.8 Å². The quantitative estimate of drug-likeness (QED) is 0.0846. The van der Waals surface area contributed by atoms with Gasteiger partial charge < -0.3 is 95.7 Å². The number of aliphatic hydroxyl groups is 8. The highest BCUT2D eigenvalue weighted by Gasteiger charge is 2.51. The molecule has 3 aliphatic heterocycles. The molecule has 3 aliphatic rings. The number of esters is 1. The minimum absolute atomic E-state index is 0.00125. The van der Waals surface area contributed by atoms with Gasteiger partial charge in [0, 0.05) is 55.7 Å². The van der Waals surface area contributed by atoms with Gasteiger partial charge in [-0.25, -0.2) is 14.4 Å². The largest absolute Gasteiger partial charge is 0.508 e. The lowest BCUT2D eigenvalue weighted by atomic mass is 9.86. The van der Waals surface area contributed by atoms with Crippen LogP contribution in [-0.2, 0) is 38.0 Å². The van der Waals surface area contributed by atoms with Gasteiger partial charge in [-0.2, -0.15) is 0 Å². The number of cyclic esters (lactones) is 1. The normalized spacial score (nSPS) is 34.6. The zero-order valence-electron chi connectivity index (χ0n) is 47.4. The van der Waals surface area contributed by atoms with Crippen molar-refractivity contribution in [3.8, 4) is 0 Å². The first-order valence-corrected chi connectivity index (χ1v) is 27.9. The van der Waals surface area contributed by atoms with Gasteiger partial charge in [-0.3, -0.25) is 9.59 Å². The van der Waals surface area contributed by atoms with Gasteiger partial charge >= 0.3 is 24.2 Å². The summed E-state index contributed by atoms with van der Waals surface area (Å²) >= 11 is 0. The Balaban J connectivity index is 1.75. The van der Waals surface area contributed by atoms with E-state index in [2.05, 4.69) is 29.1 Å². The highest BCUT2D eigenvalue weighted by atomic mass is 16.7. The molecule has 1 aromatic carbocycles. The Morgan fingerprint density at radius 2 is 1.38 bits per heavy atom. The van der Waals surface area contributed by atoms with Crippen LogP contribution in [0.5, 0.6) is 0 Å². The predicted molar refractivity (Wildman–Crippen MR) is 307 cm³/mol. The van der Waals surface area contributed by atoms with Crippen LogP contribution >= 0.6 is 0 Å². The Kier molecular flexibility index (Phi) is 30.5. The van der Waals surface area contributed by atoms with Crippen molar-refractivity contribution in [2.75, 3.05) is 25.1 Å². The molecule has 1 aromatic rings. The van der Waals surface area contributed by atoms with Crippen LogP contribution in [0.2, 0.25) is 0 Å². The van der Waals surface area contributed by atoms with E-state index in [-0.39, 0.29) is 68.9 Å². The molecule has 4 amide bonds. The first-order chi connectivity index (χ1) is 40.1. The lowest BCUT2D eigenvalue weighted by Crippen LogP contribution is -2.64. The van der Waals surface area contributed by atoms with Crippen molar-refractivity contribution < 1.29 is 98.0 Å².